The van der Waals surface area contributed by atoms with Crippen molar-refractivity contribution in [3.8, 4) is 5.75 Å². The van der Waals surface area contributed by atoms with Crippen LogP contribution in [0.1, 0.15) is 63.5 Å². The molecule has 0 aliphatic carbocycles. The molecule has 0 atom stereocenters. The molecule has 28 heavy (non-hydrogen) atoms. The molecule has 2 rings (SSSR count). The van der Waals surface area contributed by atoms with Crippen LogP contribution in [0.15, 0.2) is 48.8 Å². The Bertz CT molecular complexity index is 642. The van der Waals surface area contributed by atoms with Crippen molar-refractivity contribution < 1.29 is 14.0 Å². The monoisotopic (exact) mass is 384 g/mol. The van der Waals surface area contributed by atoms with Gasteiger partial charge in [0.2, 0.25) is 0 Å². The highest BCUT2D eigenvalue weighted by atomic mass is 16.5. The molecule has 0 bridgehead atoms. The summed E-state index contributed by atoms with van der Waals surface area (Å²) in [7, 11) is 0. The Morgan fingerprint density at radius 2 is 1.54 bits per heavy atom. The van der Waals surface area contributed by atoms with Gasteiger partial charge in [-0.25, -0.2) is 4.57 Å². The number of nitrogens with zero attached hydrogens (tertiary/aromatic N) is 1. The Kier molecular flexibility index (Phi) is 11.3. The van der Waals surface area contributed by atoms with E-state index in [2.05, 4.69) is 49.0 Å². The molecule has 0 fully saturated rings. The van der Waals surface area contributed by atoms with Crippen molar-refractivity contribution in [2.75, 3.05) is 19.8 Å². The maximum atomic E-state index is 6.07. The first-order valence-electron chi connectivity index (χ1n) is 11.1. The van der Waals surface area contributed by atoms with Gasteiger partial charge in [-0.1, -0.05) is 57.7 Å². The standard InChI is InChI=1S/C25H38NO2/c1-3-5-8-12-23-14-15-25(24(22-23)13-9-6-4-2)28-21-20-27-19-18-26-16-10-7-11-17-26/h7,10-11,14-17,22H,3-6,8-9,12-13,18-21H2,1-2H3/q+1. The Morgan fingerprint density at radius 1 is 0.786 bits per heavy atom. The molecule has 2 aromatic rings. The van der Waals surface area contributed by atoms with Crippen LogP contribution in [0, 0.1) is 0 Å². The van der Waals surface area contributed by atoms with E-state index in [4.69, 9.17) is 9.47 Å². The van der Waals surface area contributed by atoms with E-state index in [1.54, 1.807) is 0 Å². The third-order valence-electron chi connectivity index (χ3n) is 5.00. The van der Waals surface area contributed by atoms with Gasteiger partial charge in [-0.15, -0.1) is 0 Å². The number of hydrogen-bond acceptors (Lipinski definition) is 2. The zero-order chi connectivity index (χ0) is 19.9. The lowest BCUT2D eigenvalue weighted by Gasteiger charge is -2.13. The van der Waals surface area contributed by atoms with Crippen molar-refractivity contribution in [1.82, 2.24) is 0 Å². The molecular weight excluding hydrogens is 346 g/mol. The summed E-state index contributed by atoms with van der Waals surface area (Å²) in [6, 6.07) is 12.9. The minimum atomic E-state index is 0.607. The van der Waals surface area contributed by atoms with Crippen LogP contribution in [0.3, 0.4) is 0 Å². The minimum absolute atomic E-state index is 0.607. The van der Waals surface area contributed by atoms with E-state index in [1.807, 2.05) is 18.2 Å². The van der Waals surface area contributed by atoms with Gasteiger partial charge < -0.3 is 9.47 Å². The van der Waals surface area contributed by atoms with Gasteiger partial charge in [-0.2, -0.15) is 0 Å². The lowest BCUT2D eigenvalue weighted by Crippen LogP contribution is -2.35. The molecule has 0 spiro atoms. The third kappa shape index (κ3) is 8.88. The van der Waals surface area contributed by atoms with E-state index in [0.717, 1.165) is 18.7 Å². The predicted octanol–water partition coefficient (Wildman–Crippen LogP) is 5.54. The van der Waals surface area contributed by atoms with Crippen LogP contribution in [0.25, 0.3) is 0 Å². The van der Waals surface area contributed by atoms with Crippen molar-refractivity contribution in [2.45, 2.75) is 71.8 Å². The summed E-state index contributed by atoms with van der Waals surface area (Å²) < 4.78 is 13.9. The quantitative estimate of drug-likeness (QED) is 0.297. The fourth-order valence-corrected chi connectivity index (χ4v) is 3.34. The van der Waals surface area contributed by atoms with Crippen LogP contribution < -0.4 is 9.30 Å². The molecule has 0 saturated carbocycles. The molecule has 3 nitrogen and oxygen atoms in total. The average molecular weight is 385 g/mol. The molecule has 1 aromatic heterocycles. The van der Waals surface area contributed by atoms with Crippen LogP contribution >= 0.6 is 0 Å². The second-order valence-corrected chi connectivity index (χ2v) is 7.43. The van der Waals surface area contributed by atoms with Crippen molar-refractivity contribution in [2.24, 2.45) is 0 Å². The summed E-state index contributed by atoms with van der Waals surface area (Å²) in [6.07, 6.45) is 14.0. The molecule has 1 heterocycles. The Labute approximate surface area is 171 Å². The average Bonchev–Trinajstić information content (AvgIpc) is 2.73. The van der Waals surface area contributed by atoms with Gasteiger partial charge in [0, 0.05) is 12.1 Å². The van der Waals surface area contributed by atoms with Crippen LogP contribution in [-0.4, -0.2) is 19.8 Å². The number of aromatic nitrogens is 1. The van der Waals surface area contributed by atoms with Gasteiger partial charge in [0.15, 0.2) is 18.9 Å². The van der Waals surface area contributed by atoms with E-state index >= 15 is 0 Å². The summed E-state index contributed by atoms with van der Waals surface area (Å²) in [5.74, 6) is 1.04. The summed E-state index contributed by atoms with van der Waals surface area (Å²) in [4.78, 5) is 0. The zero-order valence-corrected chi connectivity index (χ0v) is 17.9. The summed E-state index contributed by atoms with van der Waals surface area (Å²) in [5.41, 5.74) is 2.81. The Morgan fingerprint density at radius 3 is 2.29 bits per heavy atom. The fourth-order valence-electron chi connectivity index (χ4n) is 3.34. The first kappa shape index (κ1) is 22.4. The SMILES string of the molecule is CCCCCc1ccc(OCCOCC[n+]2ccccc2)c(CCCCC)c1. The zero-order valence-electron chi connectivity index (χ0n) is 17.9. The van der Waals surface area contributed by atoms with E-state index in [-0.39, 0.29) is 0 Å². The largest absolute Gasteiger partial charge is 0.491 e. The third-order valence-corrected chi connectivity index (χ3v) is 5.00. The molecule has 0 radical (unpaired) electrons. The number of hydrogen-bond donors (Lipinski definition) is 0. The number of aryl methyl sites for hydroxylation is 2. The highest BCUT2D eigenvalue weighted by Gasteiger charge is 2.06. The number of unbranched alkanes of at least 4 members (excludes halogenated alkanes) is 4. The molecule has 3 heteroatoms. The van der Waals surface area contributed by atoms with Gasteiger partial charge in [0.25, 0.3) is 0 Å². The highest BCUT2D eigenvalue weighted by Crippen LogP contribution is 2.23. The molecule has 154 valence electrons. The summed E-state index contributed by atoms with van der Waals surface area (Å²) in [6.45, 7) is 7.32. The van der Waals surface area contributed by atoms with Crippen LogP contribution in [0.2, 0.25) is 0 Å². The molecule has 1 aromatic carbocycles. The van der Waals surface area contributed by atoms with Crippen molar-refractivity contribution >= 4 is 0 Å². The van der Waals surface area contributed by atoms with Gasteiger partial charge in [0.1, 0.15) is 19.0 Å². The van der Waals surface area contributed by atoms with E-state index in [9.17, 15) is 0 Å². The highest BCUT2D eigenvalue weighted by molar-refractivity contribution is 5.37. The van der Waals surface area contributed by atoms with Crippen molar-refractivity contribution in [1.29, 1.82) is 0 Å². The topological polar surface area (TPSA) is 22.3 Å². The number of rotatable bonds is 15. The summed E-state index contributed by atoms with van der Waals surface area (Å²) >= 11 is 0. The van der Waals surface area contributed by atoms with Crippen LogP contribution in [0.5, 0.6) is 5.75 Å². The van der Waals surface area contributed by atoms with Crippen LogP contribution in [0.4, 0.5) is 0 Å². The normalized spacial score (nSPS) is 10.9. The first-order chi connectivity index (χ1) is 13.8. The van der Waals surface area contributed by atoms with Gasteiger partial charge >= 0.3 is 0 Å². The van der Waals surface area contributed by atoms with Gasteiger partial charge in [0.05, 0.1) is 6.61 Å². The second-order valence-electron chi connectivity index (χ2n) is 7.43. The maximum Gasteiger partial charge on any atom is 0.171 e. The maximum absolute atomic E-state index is 6.07. The second kappa shape index (κ2) is 14.2. The smallest absolute Gasteiger partial charge is 0.171 e. The summed E-state index contributed by atoms with van der Waals surface area (Å²) in [5, 5.41) is 0. The molecule has 0 N–H and O–H groups in total. The first-order valence-corrected chi connectivity index (χ1v) is 11.1. The molecule has 0 aliphatic heterocycles. The van der Waals surface area contributed by atoms with Crippen LogP contribution in [-0.2, 0) is 24.1 Å². The number of ether oxygens (including phenoxy) is 2. The van der Waals surface area contributed by atoms with E-state index in [1.165, 1.54) is 56.1 Å². The predicted molar refractivity (Wildman–Crippen MR) is 116 cm³/mol. The lowest BCUT2D eigenvalue weighted by molar-refractivity contribution is -0.698. The molecule has 0 saturated heterocycles. The molecule has 0 amide bonds. The van der Waals surface area contributed by atoms with E-state index < -0.39 is 0 Å². The molecule has 0 aliphatic rings. The van der Waals surface area contributed by atoms with Gasteiger partial charge in [-0.05, 0) is 42.9 Å². The minimum Gasteiger partial charge on any atom is -0.491 e. The number of pyridine rings is 1. The molecular formula is C25H38NO2+. The molecule has 0 unspecified atom stereocenters. The van der Waals surface area contributed by atoms with E-state index in [0.29, 0.717) is 19.8 Å². The Balaban J connectivity index is 1.77. The van der Waals surface area contributed by atoms with Crippen molar-refractivity contribution in [3.63, 3.8) is 0 Å². The van der Waals surface area contributed by atoms with Crippen molar-refractivity contribution in [3.05, 3.63) is 59.9 Å². The number of benzene rings is 1. The fraction of sp³-hybridized carbons (Fsp3) is 0.560. The van der Waals surface area contributed by atoms with Gasteiger partial charge in [-0.3, -0.25) is 0 Å². The lowest BCUT2D eigenvalue weighted by atomic mass is 10.0. The Hall–Kier alpha value is -1.87.